The van der Waals surface area contributed by atoms with E-state index < -0.39 is 0 Å². The predicted molar refractivity (Wildman–Crippen MR) is 58.5 cm³/mol. The van der Waals surface area contributed by atoms with Gasteiger partial charge >= 0.3 is 0 Å². The van der Waals surface area contributed by atoms with Crippen molar-refractivity contribution < 1.29 is 0 Å². The lowest BCUT2D eigenvalue weighted by molar-refractivity contribution is 0.148. The molecule has 3 unspecified atom stereocenters. The second kappa shape index (κ2) is 4.99. The second-order valence-corrected chi connectivity index (χ2v) is 4.98. The van der Waals surface area contributed by atoms with E-state index in [4.69, 9.17) is 5.73 Å². The highest BCUT2D eigenvalue weighted by molar-refractivity contribution is 4.81. The third-order valence-electron chi connectivity index (χ3n) is 3.95. The van der Waals surface area contributed by atoms with Gasteiger partial charge in [0.2, 0.25) is 0 Å². The van der Waals surface area contributed by atoms with Crippen molar-refractivity contribution in [2.45, 2.75) is 46.5 Å². The summed E-state index contributed by atoms with van der Waals surface area (Å²) in [5.41, 5.74) is 5.79. The minimum Gasteiger partial charge on any atom is -0.330 e. The summed E-state index contributed by atoms with van der Waals surface area (Å²) in [7, 11) is 0. The van der Waals surface area contributed by atoms with Crippen LogP contribution in [0.3, 0.4) is 0 Å². The Balaban J connectivity index is 2.47. The fourth-order valence-corrected chi connectivity index (χ4v) is 2.78. The third-order valence-corrected chi connectivity index (χ3v) is 3.95. The molecule has 0 aromatic rings. The lowest BCUT2D eigenvalue weighted by atomic mass is 9.70. The number of rotatable bonds is 3. The molecule has 0 aliphatic heterocycles. The summed E-state index contributed by atoms with van der Waals surface area (Å²) in [4.78, 5) is 0. The van der Waals surface area contributed by atoms with Gasteiger partial charge in [-0.25, -0.2) is 0 Å². The Hall–Kier alpha value is -0.0400. The zero-order chi connectivity index (χ0) is 9.84. The van der Waals surface area contributed by atoms with Gasteiger partial charge in [0.05, 0.1) is 0 Å². The molecule has 2 N–H and O–H groups in total. The van der Waals surface area contributed by atoms with Gasteiger partial charge in [-0.3, -0.25) is 0 Å². The van der Waals surface area contributed by atoms with Gasteiger partial charge < -0.3 is 5.73 Å². The van der Waals surface area contributed by atoms with Crippen molar-refractivity contribution in [2.24, 2.45) is 29.4 Å². The van der Waals surface area contributed by atoms with Crippen LogP contribution < -0.4 is 5.73 Å². The molecule has 13 heavy (non-hydrogen) atoms. The molecule has 1 rings (SSSR count). The van der Waals surface area contributed by atoms with E-state index in [1.165, 1.54) is 25.7 Å². The Bertz CT molecular complexity index is 142. The minimum absolute atomic E-state index is 0.819. The van der Waals surface area contributed by atoms with Crippen LogP contribution in [-0.2, 0) is 0 Å². The highest BCUT2D eigenvalue weighted by atomic mass is 14.6. The van der Waals surface area contributed by atoms with Gasteiger partial charge in [-0.1, -0.05) is 27.2 Å². The summed E-state index contributed by atoms with van der Waals surface area (Å²) in [6.07, 6.45) is 5.54. The molecule has 1 nitrogen and oxygen atoms in total. The van der Waals surface area contributed by atoms with Crippen LogP contribution in [0.1, 0.15) is 46.5 Å². The third kappa shape index (κ3) is 2.70. The zero-order valence-electron chi connectivity index (χ0n) is 9.42. The number of nitrogens with two attached hydrogens (primary N) is 1. The van der Waals surface area contributed by atoms with Crippen molar-refractivity contribution in [1.82, 2.24) is 0 Å². The normalized spacial score (nSPS) is 35.3. The standard InChI is InChI=1S/C12H25N/c1-4-10-7-11(9(2)3)5-6-12(10)8-13/h9-12H,4-8,13H2,1-3H3. The SMILES string of the molecule is CCC1CC(C(C)C)CCC1CN. The first-order valence-electron chi connectivity index (χ1n) is 5.89. The van der Waals surface area contributed by atoms with Gasteiger partial charge in [-0.15, -0.1) is 0 Å². The van der Waals surface area contributed by atoms with Crippen molar-refractivity contribution in [3.05, 3.63) is 0 Å². The first kappa shape index (κ1) is 11.0. The van der Waals surface area contributed by atoms with Crippen LogP contribution >= 0.6 is 0 Å². The molecule has 0 heterocycles. The lowest BCUT2D eigenvalue weighted by Gasteiger charge is -2.37. The molecule has 1 aliphatic carbocycles. The van der Waals surface area contributed by atoms with Crippen molar-refractivity contribution in [3.63, 3.8) is 0 Å². The first-order valence-corrected chi connectivity index (χ1v) is 5.89. The highest BCUT2D eigenvalue weighted by Crippen LogP contribution is 2.38. The fourth-order valence-electron chi connectivity index (χ4n) is 2.78. The van der Waals surface area contributed by atoms with Gasteiger partial charge in [0.25, 0.3) is 0 Å². The molecule has 3 atom stereocenters. The van der Waals surface area contributed by atoms with E-state index in [9.17, 15) is 0 Å². The molecule has 1 saturated carbocycles. The molecule has 1 fully saturated rings. The van der Waals surface area contributed by atoms with Gasteiger partial charge in [-0.2, -0.15) is 0 Å². The Morgan fingerprint density at radius 2 is 1.92 bits per heavy atom. The predicted octanol–water partition coefficient (Wildman–Crippen LogP) is 3.04. The highest BCUT2D eigenvalue weighted by Gasteiger charge is 2.29. The smallest absolute Gasteiger partial charge is 0.00462 e. The van der Waals surface area contributed by atoms with Crippen molar-refractivity contribution >= 4 is 0 Å². The summed E-state index contributed by atoms with van der Waals surface area (Å²) in [5, 5.41) is 0. The Labute approximate surface area is 83.1 Å². The minimum atomic E-state index is 0.819. The van der Waals surface area contributed by atoms with E-state index in [0.717, 1.165) is 30.2 Å². The molecule has 0 bridgehead atoms. The summed E-state index contributed by atoms with van der Waals surface area (Å²) < 4.78 is 0. The van der Waals surface area contributed by atoms with Crippen molar-refractivity contribution in [1.29, 1.82) is 0 Å². The van der Waals surface area contributed by atoms with Crippen molar-refractivity contribution in [3.8, 4) is 0 Å². The second-order valence-electron chi connectivity index (χ2n) is 4.98. The van der Waals surface area contributed by atoms with E-state index in [2.05, 4.69) is 20.8 Å². The zero-order valence-corrected chi connectivity index (χ0v) is 9.42. The molecule has 1 aliphatic rings. The maximum atomic E-state index is 5.79. The molecule has 1 heteroatoms. The van der Waals surface area contributed by atoms with Crippen LogP contribution in [-0.4, -0.2) is 6.54 Å². The van der Waals surface area contributed by atoms with Gasteiger partial charge in [0.15, 0.2) is 0 Å². The Morgan fingerprint density at radius 3 is 2.38 bits per heavy atom. The number of hydrogen-bond donors (Lipinski definition) is 1. The topological polar surface area (TPSA) is 26.0 Å². The van der Waals surface area contributed by atoms with Crippen LogP contribution in [0.2, 0.25) is 0 Å². The summed E-state index contributed by atoms with van der Waals surface area (Å²) in [6.45, 7) is 7.94. The summed E-state index contributed by atoms with van der Waals surface area (Å²) >= 11 is 0. The number of hydrogen-bond acceptors (Lipinski definition) is 1. The lowest BCUT2D eigenvalue weighted by Crippen LogP contribution is -2.31. The average molecular weight is 183 g/mol. The molecule has 0 aromatic heterocycles. The molecule has 0 spiro atoms. The van der Waals surface area contributed by atoms with Gasteiger partial charge in [0.1, 0.15) is 0 Å². The molecule has 0 amide bonds. The maximum absolute atomic E-state index is 5.79. The monoisotopic (exact) mass is 183 g/mol. The van der Waals surface area contributed by atoms with E-state index in [-0.39, 0.29) is 0 Å². The largest absolute Gasteiger partial charge is 0.330 e. The summed E-state index contributed by atoms with van der Waals surface area (Å²) in [5.74, 6) is 3.56. The van der Waals surface area contributed by atoms with E-state index >= 15 is 0 Å². The van der Waals surface area contributed by atoms with Gasteiger partial charge in [0, 0.05) is 0 Å². The fraction of sp³-hybridized carbons (Fsp3) is 1.00. The van der Waals surface area contributed by atoms with Crippen LogP contribution in [0.15, 0.2) is 0 Å². The first-order chi connectivity index (χ1) is 6.19. The quantitative estimate of drug-likeness (QED) is 0.715. The Morgan fingerprint density at radius 1 is 1.23 bits per heavy atom. The van der Waals surface area contributed by atoms with Crippen LogP contribution in [0, 0.1) is 23.7 Å². The van der Waals surface area contributed by atoms with Crippen molar-refractivity contribution in [2.75, 3.05) is 6.54 Å². The molecule has 78 valence electrons. The molecule has 0 radical (unpaired) electrons. The van der Waals surface area contributed by atoms with E-state index in [0.29, 0.717) is 0 Å². The molecular weight excluding hydrogens is 158 g/mol. The molecular formula is C12H25N. The Kier molecular flexibility index (Phi) is 4.24. The van der Waals surface area contributed by atoms with Crippen LogP contribution in [0.5, 0.6) is 0 Å². The van der Waals surface area contributed by atoms with E-state index in [1.807, 2.05) is 0 Å². The molecule has 0 aromatic carbocycles. The van der Waals surface area contributed by atoms with E-state index in [1.54, 1.807) is 0 Å². The maximum Gasteiger partial charge on any atom is -0.00462 e. The van der Waals surface area contributed by atoms with Crippen LogP contribution in [0.25, 0.3) is 0 Å². The average Bonchev–Trinajstić information content (AvgIpc) is 2.16. The summed E-state index contributed by atoms with van der Waals surface area (Å²) in [6, 6.07) is 0. The molecule has 0 saturated heterocycles. The van der Waals surface area contributed by atoms with Gasteiger partial charge in [-0.05, 0) is 49.5 Å². The van der Waals surface area contributed by atoms with Crippen LogP contribution in [0.4, 0.5) is 0 Å².